The summed E-state index contributed by atoms with van der Waals surface area (Å²) >= 11 is 0. The van der Waals surface area contributed by atoms with E-state index in [4.69, 9.17) is 10.00 Å². The summed E-state index contributed by atoms with van der Waals surface area (Å²) in [7, 11) is 0. The van der Waals surface area contributed by atoms with Crippen LogP contribution in [0.25, 0.3) is 0 Å². The summed E-state index contributed by atoms with van der Waals surface area (Å²) in [6, 6.07) is 2.04. The number of carbonyl (C=O) groups is 1. The van der Waals surface area contributed by atoms with Crippen molar-refractivity contribution in [2.45, 2.75) is 32.7 Å². The fourth-order valence-electron chi connectivity index (χ4n) is 1.65. The highest BCUT2D eigenvalue weighted by Gasteiger charge is 2.34. The number of rotatable bonds is 3. The Morgan fingerprint density at radius 1 is 1.60 bits per heavy atom. The highest BCUT2D eigenvalue weighted by Crippen LogP contribution is 2.19. The summed E-state index contributed by atoms with van der Waals surface area (Å²) < 4.78 is 5.24. The van der Waals surface area contributed by atoms with Crippen LogP contribution in [0.5, 0.6) is 0 Å². The van der Waals surface area contributed by atoms with Gasteiger partial charge in [-0.1, -0.05) is 13.8 Å². The van der Waals surface area contributed by atoms with Crippen molar-refractivity contribution in [1.82, 2.24) is 5.32 Å². The molecule has 4 heteroatoms. The van der Waals surface area contributed by atoms with Gasteiger partial charge in [-0.2, -0.15) is 5.26 Å². The van der Waals surface area contributed by atoms with Gasteiger partial charge in [-0.05, 0) is 19.3 Å². The van der Waals surface area contributed by atoms with Crippen molar-refractivity contribution in [1.29, 1.82) is 5.26 Å². The number of hydrogen-bond acceptors (Lipinski definition) is 3. The largest absolute Gasteiger partial charge is 0.379 e. The first kappa shape index (κ1) is 12.0. The molecule has 0 bridgehead atoms. The van der Waals surface area contributed by atoms with Gasteiger partial charge in [-0.15, -0.1) is 0 Å². The third-order valence-corrected chi connectivity index (χ3v) is 2.73. The minimum Gasteiger partial charge on any atom is -0.379 e. The Kier molecular flexibility index (Phi) is 3.70. The second-order valence-electron chi connectivity index (χ2n) is 4.70. The zero-order chi connectivity index (χ0) is 11.5. The number of amides is 1. The lowest BCUT2D eigenvalue weighted by Gasteiger charge is -2.25. The summed E-state index contributed by atoms with van der Waals surface area (Å²) in [5.74, 6) is -0.705. The zero-order valence-electron chi connectivity index (χ0n) is 9.54. The average Bonchev–Trinajstić information content (AvgIpc) is 2.51. The minimum absolute atomic E-state index is 0.0425. The van der Waals surface area contributed by atoms with Gasteiger partial charge in [0.15, 0.2) is 0 Å². The highest BCUT2D eigenvalue weighted by molar-refractivity contribution is 5.82. The maximum absolute atomic E-state index is 11.8. The molecule has 2 unspecified atom stereocenters. The van der Waals surface area contributed by atoms with E-state index < -0.39 is 5.92 Å². The molecule has 4 nitrogen and oxygen atoms in total. The molecular formula is C11H18N2O2. The number of ether oxygens (including phenoxy) is 1. The molecule has 15 heavy (non-hydrogen) atoms. The lowest BCUT2D eigenvalue weighted by molar-refractivity contribution is -0.126. The Hall–Kier alpha value is -1.08. The summed E-state index contributed by atoms with van der Waals surface area (Å²) in [4.78, 5) is 11.8. The van der Waals surface area contributed by atoms with Gasteiger partial charge in [-0.25, -0.2) is 0 Å². The quantitative estimate of drug-likeness (QED) is 0.758. The molecule has 1 N–H and O–H groups in total. The first-order valence-corrected chi connectivity index (χ1v) is 5.28. The molecular weight excluding hydrogens is 192 g/mol. The van der Waals surface area contributed by atoms with Crippen LogP contribution in [-0.2, 0) is 9.53 Å². The van der Waals surface area contributed by atoms with Gasteiger partial charge in [0, 0.05) is 6.61 Å². The van der Waals surface area contributed by atoms with Gasteiger partial charge in [0.1, 0.15) is 5.92 Å². The Balaban J connectivity index is 2.58. The smallest absolute Gasteiger partial charge is 0.238 e. The van der Waals surface area contributed by atoms with Crippen LogP contribution >= 0.6 is 0 Å². The van der Waals surface area contributed by atoms with Crippen molar-refractivity contribution in [3.8, 4) is 6.07 Å². The van der Waals surface area contributed by atoms with Crippen molar-refractivity contribution >= 4 is 5.91 Å². The van der Waals surface area contributed by atoms with Gasteiger partial charge in [0.2, 0.25) is 5.91 Å². The van der Waals surface area contributed by atoms with E-state index in [1.165, 1.54) is 0 Å². The molecule has 1 amide bonds. The summed E-state index contributed by atoms with van der Waals surface area (Å²) in [5, 5.41) is 11.8. The van der Waals surface area contributed by atoms with Crippen LogP contribution in [0.15, 0.2) is 0 Å². The molecule has 1 rings (SSSR count). The Labute approximate surface area is 90.6 Å². The molecule has 84 valence electrons. The van der Waals surface area contributed by atoms with Crippen LogP contribution in [0.2, 0.25) is 0 Å². The molecule has 1 fully saturated rings. The lowest BCUT2D eigenvalue weighted by Crippen LogP contribution is -2.49. The van der Waals surface area contributed by atoms with Crippen LogP contribution in [-0.4, -0.2) is 24.7 Å². The number of nitrogens with zero attached hydrogens (tertiary/aromatic N) is 1. The van der Waals surface area contributed by atoms with E-state index in [9.17, 15) is 4.79 Å². The van der Waals surface area contributed by atoms with E-state index in [1.54, 1.807) is 0 Å². The van der Waals surface area contributed by atoms with Gasteiger partial charge >= 0.3 is 0 Å². The maximum Gasteiger partial charge on any atom is 0.238 e. The predicted molar refractivity (Wildman–Crippen MR) is 55.9 cm³/mol. The standard InChI is InChI=1S/C11H18N2O2/c1-8(2)9(6-12)10(14)13-11(3)4-5-15-7-11/h8-9H,4-5,7H2,1-3H3,(H,13,14). The maximum atomic E-state index is 11.8. The van der Waals surface area contributed by atoms with Crippen molar-refractivity contribution in [2.75, 3.05) is 13.2 Å². The first-order valence-electron chi connectivity index (χ1n) is 5.28. The van der Waals surface area contributed by atoms with E-state index in [0.29, 0.717) is 13.2 Å². The topological polar surface area (TPSA) is 62.1 Å². The fourth-order valence-corrected chi connectivity index (χ4v) is 1.65. The van der Waals surface area contributed by atoms with E-state index in [0.717, 1.165) is 6.42 Å². The van der Waals surface area contributed by atoms with Crippen LogP contribution in [0.4, 0.5) is 0 Å². The molecule has 0 radical (unpaired) electrons. The van der Waals surface area contributed by atoms with Crippen LogP contribution in [0, 0.1) is 23.2 Å². The molecule has 0 aromatic rings. The number of hydrogen-bond donors (Lipinski definition) is 1. The summed E-state index contributed by atoms with van der Waals surface area (Å²) in [6.45, 7) is 6.92. The second kappa shape index (κ2) is 4.63. The number of nitriles is 1. The molecule has 0 spiro atoms. The van der Waals surface area contributed by atoms with Crippen LogP contribution < -0.4 is 5.32 Å². The van der Waals surface area contributed by atoms with Crippen LogP contribution in [0.1, 0.15) is 27.2 Å². The summed E-state index contributed by atoms with van der Waals surface area (Å²) in [6.07, 6.45) is 0.814. The molecule has 0 aliphatic carbocycles. The van der Waals surface area contributed by atoms with Crippen LogP contribution in [0.3, 0.4) is 0 Å². The molecule has 1 saturated heterocycles. The third kappa shape index (κ3) is 2.93. The van der Waals surface area contributed by atoms with Gasteiger partial charge < -0.3 is 10.1 Å². The van der Waals surface area contributed by atoms with Gasteiger partial charge in [0.25, 0.3) is 0 Å². The first-order chi connectivity index (χ1) is 6.98. The normalized spacial score (nSPS) is 27.4. The van der Waals surface area contributed by atoms with E-state index in [2.05, 4.69) is 5.32 Å². The zero-order valence-corrected chi connectivity index (χ0v) is 9.54. The fraction of sp³-hybridized carbons (Fsp3) is 0.818. The molecule has 2 atom stereocenters. The lowest BCUT2D eigenvalue weighted by atomic mass is 9.94. The van der Waals surface area contributed by atoms with E-state index in [-0.39, 0.29) is 17.4 Å². The van der Waals surface area contributed by atoms with Crippen molar-refractivity contribution in [3.63, 3.8) is 0 Å². The number of carbonyl (C=O) groups excluding carboxylic acids is 1. The molecule has 1 aliphatic heterocycles. The molecule has 1 heterocycles. The third-order valence-electron chi connectivity index (χ3n) is 2.73. The summed E-state index contributed by atoms with van der Waals surface area (Å²) in [5.41, 5.74) is -0.291. The molecule has 1 aliphatic rings. The molecule has 0 aromatic heterocycles. The monoisotopic (exact) mass is 210 g/mol. The predicted octanol–water partition coefficient (Wildman–Crippen LogP) is 1.08. The SMILES string of the molecule is CC(C)C(C#N)C(=O)NC1(C)CCOC1. The average molecular weight is 210 g/mol. The second-order valence-corrected chi connectivity index (χ2v) is 4.70. The van der Waals surface area contributed by atoms with Crippen molar-refractivity contribution in [3.05, 3.63) is 0 Å². The Bertz CT molecular complexity index is 275. The molecule has 0 saturated carbocycles. The van der Waals surface area contributed by atoms with Gasteiger partial charge in [-0.3, -0.25) is 4.79 Å². The Morgan fingerprint density at radius 2 is 2.27 bits per heavy atom. The van der Waals surface area contributed by atoms with E-state index in [1.807, 2.05) is 26.8 Å². The van der Waals surface area contributed by atoms with E-state index >= 15 is 0 Å². The molecule has 0 aromatic carbocycles. The minimum atomic E-state index is -0.567. The van der Waals surface area contributed by atoms with Crippen molar-refractivity contribution < 1.29 is 9.53 Å². The highest BCUT2D eigenvalue weighted by atomic mass is 16.5. The van der Waals surface area contributed by atoms with Gasteiger partial charge in [0.05, 0.1) is 18.2 Å². The van der Waals surface area contributed by atoms with Crippen molar-refractivity contribution in [2.24, 2.45) is 11.8 Å². The number of nitrogens with one attached hydrogen (secondary N) is 1. The Morgan fingerprint density at radius 3 is 2.67 bits per heavy atom.